The summed E-state index contributed by atoms with van der Waals surface area (Å²) in [6, 6.07) is 17.7. The molecule has 0 aromatic heterocycles. The Balaban J connectivity index is 2.11. The first kappa shape index (κ1) is 11.1. The maximum atomic E-state index is 2.23. The number of benzene rings is 2. The molecule has 0 nitrogen and oxygen atoms in total. The van der Waals surface area contributed by atoms with Crippen LogP contribution in [0.5, 0.6) is 0 Å². The van der Waals surface area contributed by atoms with Gasteiger partial charge in [0.15, 0.2) is 14.6 Å². The summed E-state index contributed by atoms with van der Waals surface area (Å²) in [4.78, 5) is 0. The van der Waals surface area contributed by atoms with Gasteiger partial charge in [-0.3, -0.25) is 0 Å². The summed E-state index contributed by atoms with van der Waals surface area (Å²) in [7, 11) is 2.15. The molecule has 0 amide bonds. The first-order chi connectivity index (χ1) is 7.78. The van der Waals surface area contributed by atoms with Crippen LogP contribution in [-0.4, -0.2) is 14.6 Å². The molecule has 0 aliphatic carbocycles. The lowest BCUT2D eigenvalue weighted by atomic mass is 9.63. The van der Waals surface area contributed by atoms with Gasteiger partial charge in [0, 0.05) is 0 Å². The van der Waals surface area contributed by atoms with Crippen molar-refractivity contribution in [2.75, 3.05) is 0 Å². The Kier molecular flexibility index (Phi) is 3.51. The van der Waals surface area contributed by atoms with Crippen LogP contribution in [0.1, 0.15) is 5.56 Å². The van der Waals surface area contributed by atoms with Gasteiger partial charge in [-0.05, 0) is 6.92 Å². The topological polar surface area (TPSA) is 0 Å². The predicted molar refractivity (Wildman–Crippen MR) is 76.7 cm³/mol. The van der Waals surface area contributed by atoms with E-state index in [9.17, 15) is 0 Å². The zero-order valence-electron chi connectivity index (χ0n) is 10.0. The lowest BCUT2D eigenvalue weighted by Gasteiger charge is -2.02. The normalized spacial score (nSPS) is 9.88. The number of hydrogen-bond donors (Lipinski definition) is 0. The van der Waals surface area contributed by atoms with Gasteiger partial charge in [0.25, 0.3) is 0 Å². The molecule has 0 bridgehead atoms. The van der Waals surface area contributed by atoms with Crippen LogP contribution in [0.4, 0.5) is 0 Å². The van der Waals surface area contributed by atoms with Gasteiger partial charge >= 0.3 is 0 Å². The summed E-state index contributed by atoms with van der Waals surface area (Å²) in [6.45, 7) is 4.31. The molecule has 0 fully saturated rings. The highest BCUT2D eigenvalue weighted by atomic mass is 13.9. The molecule has 0 saturated heterocycles. The van der Waals surface area contributed by atoms with E-state index in [0.717, 1.165) is 14.6 Å². The molecule has 0 atom stereocenters. The summed E-state index contributed by atoms with van der Waals surface area (Å²) in [5.74, 6) is 0. The van der Waals surface area contributed by atoms with Crippen LogP contribution in [0, 0.1) is 6.92 Å². The Bertz CT molecular complexity index is 443. The van der Waals surface area contributed by atoms with E-state index in [4.69, 9.17) is 0 Å². The molecule has 0 aliphatic rings. The minimum absolute atomic E-state index is 1.03. The maximum absolute atomic E-state index is 2.23. The SMILES string of the molecule is CBc1ccc(Bc2ccc(C)cc2)cc1. The van der Waals surface area contributed by atoms with Crippen molar-refractivity contribution in [3.05, 3.63) is 54.1 Å². The largest absolute Gasteiger partial charge is 0.192 e. The lowest BCUT2D eigenvalue weighted by molar-refractivity contribution is 1.49. The van der Waals surface area contributed by atoms with E-state index in [1.165, 1.54) is 22.0 Å². The third-order valence-corrected chi connectivity index (χ3v) is 2.96. The maximum Gasteiger partial charge on any atom is 0.192 e. The fourth-order valence-corrected chi connectivity index (χ4v) is 1.83. The lowest BCUT2D eigenvalue weighted by Crippen LogP contribution is -2.28. The fraction of sp³-hybridized carbons (Fsp3) is 0.143. The van der Waals surface area contributed by atoms with Gasteiger partial charge in [-0.1, -0.05) is 77.3 Å². The van der Waals surface area contributed by atoms with Gasteiger partial charge in [-0.2, -0.15) is 0 Å². The third-order valence-electron chi connectivity index (χ3n) is 2.96. The molecule has 16 heavy (non-hydrogen) atoms. The number of rotatable bonds is 3. The Hall–Kier alpha value is -1.43. The van der Waals surface area contributed by atoms with E-state index in [1.54, 1.807) is 0 Å². The van der Waals surface area contributed by atoms with Crippen molar-refractivity contribution in [1.82, 2.24) is 0 Å². The summed E-state index contributed by atoms with van der Waals surface area (Å²) in [6.07, 6.45) is 0. The fourth-order valence-electron chi connectivity index (χ4n) is 1.83. The molecule has 2 heteroatoms. The molecule has 0 saturated carbocycles. The van der Waals surface area contributed by atoms with Crippen LogP contribution >= 0.6 is 0 Å². The first-order valence-electron chi connectivity index (χ1n) is 5.91. The molecule has 0 radical (unpaired) electrons. The molecule has 0 N–H and O–H groups in total. The zero-order chi connectivity index (χ0) is 11.4. The van der Waals surface area contributed by atoms with Crippen molar-refractivity contribution in [2.45, 2.75) is 13.7 Å². The standard InChI is InChI=1S/C14H16B2/c1-11-3-5-13(6-4-11)16-14-9-7-12(15-2)8-10-14/h3-10,15-16H,1-2H3. The Morgan fingerprint density at radius 1 is 0.688 bits per heavy atom. The predicted octanol–water partition coefficient (Wildman–Crippen LogP) is 0.492. The quantitative estimate of drug-likeness (QED) is 0.641. The van der Waals surface area contributed by atoms with E-state index in [0.29, 0.717) is 0 Å². The average molecular weight is 206 g/mol. The van der Waals surface area contributed by atoms with Crippen molar-refractivity contribution < 1.29 is 0 Å². The number of aryl methyl sites for hydroxylation is 1. The minimum atomic E-state index is 1.03. The molecular weight excluding hydrogens is 190 g/mol. The van der Waals surface area contributed by atoms with E-state index in [-0.39, 0.29) is 0 Å². The molecular formula is C14H16B2. The molecule has 2 rings (SSSR count). The number of hydrogen-bond acceptors (Lipinski definition) is 0. The van der Waals surface area contributed by atoms with Crippen molar-refractivity contribution in [3.8, 4) is 0 Å². The van der Waals surface area contributed by atoms with Crippen molar-refractivity contribution in [2.24, 2.45) is 0 Å². The summed E-state index contributed by atoms with van der Waals surface area (Å²) in [5.41, 5.74) is 5.51. The Morgan fingerprint density at radius 3 is 1.62 bits per heavy atom. The van der Waals surface area contributed by atoms with Crippen LogP contribution in [0.2, 0.25) is 6.82 Å². The highest BCUT2D eigenvalue weighted by Crippen LogP contribution is 1.92. The van der Waals surface area contributed by atoms with Gasteiger partial charge < -0.3 is 0 Å². The second-order valence-corrected chi connectivity index (χ2v) is 4.33. The van der Waals surface area contributed by atoms with Gasteiger partial charge in [0.1, 0.15) is 0 Å². The van der Waals surface area contributed by atoms with Crippen LogP contribution < -0.4 is 16.4 Å². The van der Waals surface area contributed by atoms with Gasteiger partial charge in [0.2, 0.25) is 0 Å². The van der Waals surface area contributed by atoms with Crippen molar-refractivity contribution >= 4 is 30.9 Å². The molecule has 78 valence electrons. The summed E-state index contributed by atoms with van der Waals surface area (Å²) < 4.78 is 0. The molecule has 0 spiro atoms. The van der Waals surface area contributed by atoms with Gasteiger partial charge in [0.05, 0.1) is 0 Å². The molecule has 2 aromatic rings. The van der Waals surface area contributed by atoms with Gasteiger partial charge in [-0.25, -0.2) is 0 Å². The molecule has 0 aliphatic heterocycles. The van der Waals surface area contributed by atoms with Crippen LogP contribution in [0.3, 0.4) is 0 Å². The molecule has 2 aromatic carbocycles. The second kappa shape index (κ2) is 5.07. The van der Waals surface area contributed by atoms with E-state index >= 15 is 0 Å². The first-order valence-corrected chi connectivity index (χ1v) is 5.91. The van der Waals surface area contributed by atoms with E-state index < -0.39 is 0 Å². The molecule has 0 unspecified atom stereocenters. The summed E-state index contributed by atoms with van der Waals surface area (Å²) in [5, 5.41) is 0. The summed E-state index contributed by atoms with van der Waals surface area (Å²) >= 11 is 0. The minimum Gasteiger partial charge on any atom is -0.0849 e. The van der Waals surface area contributed by atoms with Crippen LogP contribution in [0.15, 0.2) is 48.5 Å². The Labute approximate surface area is 99.2 Å². The highest BCUT2D eigenvalue weighted by Gasteiger charge is 1.99. The smallest absolute Gasteiger partial charge is 0.0849 e. The second-order valence-electron chi connectivity index (χ2n) is 4.33. The Morgan fingerprint density at radius 2 is 1.12 bits per heavy atom. The third kappa shape index (κ3) is 2.79. The monoisotopic (exact) mass is 206 g/mol. The average Bonchev–Trinajstić information content (AvgIpc) is 2.33. The van der Waals surface area contributed by atoms with Crippen molar-refractivity contribution in [1.29, 1.82) is 0 Å². The van der Waals surface area contributed by atoms with E-state index in [2.05, 4.69) is 62.3 Å². The van der Waals surface area contributed by atoms with E-state index in [1.807, 2.05) is 0 Å². The van der Waals surface area contributed by atoms with Gasteiger partial charge in [-0.15, -0.1) is 0 Å². The highest BCUT2D eigenvalue weighted by molar-refractivity contribution is 6.67. The molecule has 0 heterocycles. The van der Waals surface area contributed by atoms with Crippen LogP contribution in [-0.2, 0) is 0 Å². The van der Waals surface area contributed by atoms with Crippen LogP contribution in [0.25, 0.3) is 0 Å². The zero-order valence-corrected chi connectivity index (χ0v) is 10.0. The van der Waals surface area contributed by atoms with Crippen molar-refractivity contribution in [3.63, 3.8) is 0 Å².